The Morgan fingerprint density at radius 2 is 2.08 bits per heavy atom. The smallest absolute Gasteiger partial charge is 0.0991 e. The number of benzene rings is 1. The van der Waals surface area contributed by atoms with Gasteiger partial charge in [-0.3, -0.25) is 10.4 Å². The summed E-state index contributed by atoms with van der Waals surface area (Å²) >= 11 is 0. The van der Waals surface area contributed by atoms with Crippen molar-refractivity contribution in [1.82, 2.24) is 10.4 Å². The average Bonchev–Trinajstić information content (AvgIpc) is 3.02. The predicted octanol–water partition coefficient (Wildman–Crippen LogP) is 3.87. The molecule has 0 bridgehead atoms. The van der Waals surface area contributed by atoms with E-state index in [0.29, 0.717) is 5.56 Å². The van der Waals surface area contributed by atoms with Gasteiger partial charge in [-0.15, -0.1) is 0 Å². The number of rotatable bonds is 7. The molecule has 0 aliphatic carbocycles. The summed E-state index contributed by atoms with van der Waals surface area (Å²) in [5.74, 6) is 0. The number of nitriles is 1. The Bertz CT molecular complexity index is 801. The Hall–Kier alpha value is -2.74. The number of allylic oxidation sites excluding steroid dienone is 3. The molecule has 0 amide bonds. The van der Waals surface area contributed by atoms with E-state index in [2.05, 4.69) is 30.7 Å². The summed E-state index contributed by atoms with van der Waals surface area (Å²) in [6.07, 6.45) is 4.63. The second kappa shape index (κ2) is 8.39. The molecule has 0 aromatic heterocycles. The standard InChI is InChI=1S/C21H24N4/c1-6-15(2)11-19(14-25(5)23-4)20-12-16(3)24-21(20)18-9-7-17(13-22)8-10-18/h6-11,23H,1-2,12,14H2,3-5H3/b19-11+. The van der Waals surface area contributed by atoms with Gasteiger partial charge in [0.05, 0.1) is 17.3 Å². The molecule has 1 aliphatic heterocycles. The van der Waals surface area contributed by atoms with Crippen molar-refractivity contribution < 1.29 is 0 Å². The summed E-state index contributed by atoms with van der Waals surface area (Å²) in [5, 5.41) is 11.0. The van der Waals surface area contributed by atoms with E-state index in [1.807, 2.05) is 50.3 Å². The molecule has 0 saturated carbocycles. The van der Waals surface area contributed by atoms with Gasteiger partial charge in [-0.25, -0.2) is 5.01 Å². The van der Waals surface area contributed by atoms with E-state index in [0.717, 1.165) is 41.1 Å². The molecule has 2 rings (SSSR count). The zero-order chi connectivity index (χ0) is 18.4. The Morgan fingerprint density at radius 3 is 2.64 bits per heavy atom. The van der Waals surface area contributed by atoms with Gasteiger partial charge in [-0.1, -0.05) is 37.4 Å². The number of nitrogens with zero attached hydrogens (tertiary/aromatic N) is 3. The fourth-order valence-corrected chi connectivity index (χ4v) is 2.69. The van der Waals surface area contributed by atoms with Crippen LogP contribution < -0.4 is 5.43 Å². The van der Waals surface area contributed by atoms with Crippen LogP contribution in [0.3, 0.4) is 0 Å². The van der Waals surface area contributed by atoms with Crippen LogP contribution in [0.2, 0.25) is 0 Å². The van der Waals surface area contributed by atoms with Crippen LogP contribution in [0.15, 0.2) is 71.3 Å². The van der Waals surface area contributed by atoms with Gasteiger partial charge < -0.3 is 0 Å². The molecule has 0 unspecified atom stereocenters. The first-order chi connectivity index (χ1) is 12.0. The maximum atomic E-state index is 9.00. The van der Waals surface area contributed by atoms with Gasteiger partial charge in [0.2, 0.25) is 0 Å². The van der Waals surface area contributed by atoms with Crippen LogP contribution in [0.4, 0.5) is 0 Å². The zero-order valence-electron chi connectivity index (χ0n) is 15.1. The van der Waals surface area contributed by atoms with E-state index in [1.54, 1.807) is 6.08 Å². The van der Waals surface area contributed by atoms with Crippen LogP contribution in [0, 0.1) is 11.3 Å². The maximum Gasteiger partial charge on any atom is 0.0991 e. The predicted molar refractivity (Wildman–Crippen MR) is 105 cm³/mol. The van der Waals surface area contributed by atoms with Crippen molar-refractivity contribution in [1.29, 1.82) is 5.26 Å². The molecule has 1 aromatic carbocycles. The third-order valence-electron chi connectivity index (χ3n) is 4.11. The second-order valence-electron chi connectivity index (χ2n) is 6.07. The summed E-state index contributed by atoms with van der Waals surface area (Å²) in [4.78, 5) is 4.76. The van der Waals surface area contributed by atoms with Crippen molar-refractivity contribution in [3.8, 4) is 6.07 Å². The first-order valence-corrected chi connectivity index (χ1v) is 8.17. The molecule has 1 heterocycles. The van der Waals surface area contributed by atoms with Crippen molar-refractivity contribution in [3.05, 3.63) is 77.4 Å². The lowest BCUT2D eigenvalue weighted by molar-refractivity contribution is 0.284. The quantitative estimate of drug-likeness (QED) is 0.609. The fraction of sp³-hybridized carbons (Fsp3) is 0.238. The normalized spacial score (nSPS) is 14.5. The summed E-state index contributed by atoms with van der Waals surface area (Å²) in [5.41, 5.74) is 10.1. The largest absolute Gasteiger partial charge is 0.258 e. The van der Waals surface area contributed by atoms with E-state index in [-0.39, 0.29) is 0 Å². The summed E-state index contributed by atoms with van der Waals surface area (Å²) < 4.78 is 0. The van der Waals surface area contributed by atoms with Crippen LogP contribution in [0.25, 0.3) is 5.70 Å². The Balaban J connectivity index is 2.51. The van der Waals surface area contributed by atoms with Crippen LogP contribution in [0.1, 0.15) is 24.5 Å². The minimum atomic E-state index is 0.648. The number of hydrazine groups is 1. The maximum absolute atomic E-state index is 9.00. The van der Waals surface area contributed by atoms with Gasteiger partial charge in [0.1, 0.15) is 0 Å². The average molecular weight is 332 g/mol. The van der Waals surface area contributed by atoms with Crippen LogP contribution in [-0.2, 0) is 0 Å². The van der Waals surface area contributed by atoms with E-state index in [4.69, 9.17) is 10.3 Å². The molecule has 25 heavy (non-hydrogen) atoms. The molecule has 1 aliphatic rings. The van der Waals surface area contributed by atoms with E-state index >= 15 is 0 Å². The van der Waals surface area contributed by atoms with Crippen LogP contribution in [0.5, 0.6) is 0 Å². The molecule has 0 atom stereocenters. The lowest BCUT2D eigenvalue weighted by Gasteiger charge is -2.19. The van der Waals surface area contributed by atoms with Gasteiger partial charge in [-0.2, -0.15) is 5.26 Å². The minimum absolute atomic E-state index is 0.648. The SMILES string of the molecule is C=CC(=C)/C=C(\CN(C)NC)C1=C(c2ccc(C#N)cc2)N=C(C)C1. The van der Waals surface area contributed by atoms with Gasteiger partial charge in [0.25, 0.3) is 0 Å². The molecular weight excluding hydrogens is 308 g/mol. The molecule has 0 radical (unpaired) electrons. The molecule has 0 saturated heterocycles. The van der Waals surface area contributed by atoms with E-state index in [9.17, 15) is 0 Å². The first kappa shape index (κ1) is 18.6. The van der Waals surface area contributed by atoms with Gasteiger partial charge in [0.15, 0.2) is 0 Å². The first-order valence-electron chi connectivity index (χ1n) is 8.17. The zero-order valence-corrected chi connectivity index (χ0v) is 15.1. The monoisotopic (exact) mass is 332 g/mol. The number of aliphatic imine (C=N–C) groups is 1. The molecule has 0 fully saturated rings. The number of likely N-dealkylation sites (N-methyl/N-ethyl adjacent to an activating group) is 1. The Labute approximate surface area is 150 Å². The number of nitrogens with one attached hydrogen (secondary N) is 1. The van der Waals surface area contributed by atoms with E-state index in [1.165, 1.54) is 5.57 Å². The molecule has 4 heteroatoms. The van der Waals surface area contributed by atoms with Crippen LogP contribution in [-0.4, -0.2) is 31.4 Å². The minimum Gasteiger partial charge on any atom is -0.258 e. The van der Waals surface area contributed by atoms with Crippen molar-refractivity contribution >= 4 is 11.4 Å². The van der Waals surface area contributed by atoms with Gasteiger partial charge in [-0.05, 0) is 42.8 Å². The highest BCUT2D eigenvalue weighted by Gasteiger charge is 2.21. The Morgan fingerprint density at radius 1 is 1.40 bits per heavy atom. The fourth-order valence-electron chi connectivity index (χ4n) is 2.69. The van der Waals surface area contributed by atoms with Crippen LogP contribution >= 0.6 is 0 Å². The lowest BCUT2D eigenvalue weighted by Crippen LogP contribution is -2.32. The lowest BCUT2D eigenvalue weighted by atomic mass is 9.95. The van der Waals surface area contributed by atoms with Crippen molar-refractivity contribution in [2.24, 2.45) is 4.99 Å². The summed E-state index contributed by atoms with van der Waals surface area (Å²) in [6, 6.07) is 9.72. The molecule has 128 valence electrons. The number of hydrogen-bond acceptors (Lipinski definition) is 4. The molecule has 1 N–H and O–H groups in total. The van der Waals surface area contributed by atoms with Crippen molar-refractivity contribution in [2.75, 3.05) is 20.6 Å². The third-order valence-corrected chi connectivity index (χ3v) is 4.11. The molecule has 1 aromatic rings. The van der Waals surface area contributed by atoms with Gasteiger partial charge >= 0.3 is 0 Å². The Kier molecular flexibility index (Phi) is 6.24. The van der Waals surface area contributed by atoms with E-state index < -0.39 is 0 Å². The highest BCUT2D eigenvalue weighted by molar-refractivity contribution is 5.98. The molecule has 0 spiro atoms. The topological polar surface area (TPSA) is 51.4 Å². The highest BCUT2D eigenvalue weighted by atomic mass is 15.5. The summed E-state index contributed by atoms with van der Waals surface area (Å²) in [6.45, 7) is 10.6. The second-order valence-corrected chi connectivity index (χ2v) is 6.07. The summed E-state index contributed by atoms with van der Waals surface area (Å²) in [7, 11) is 3.89. The molecule has 4 nitrogen and oxygen atoms in total. The third kappa shape index (κ3) is 4.63. The number of hydrogen-bond donors (Lipinski definition) is 1. The highest BCUT2D eigenvalue weighted by Crippen LogP contribution is 2.34. The van der Waals surface area contributed by atoms with Crippen molar-refractivity contribution in [3.63, 3.8) is 0 Å². The molecular formula is C21H24N4. The van der Waals surface area contributed by atoms with Gasteiger partial charge in [0, 0.05) is 31.3 Å². The van der Waals surface area contributed by atoms with Crippen molar-refractivity contribution in [2.45, 2.75) is 13.3 Å².